The summed E-state index contributed by atoms with van der Waals surface area (Å²) in [6.45, 7) is 2.40. The van der Waals surface area contributed by atoms with Crippen LogP contribution < -0.4 is 5.56 Å². The van der Waals surface area contributed by atoms with E-state index in [1.54, 1.807) is 15.9 Å². The Morgan fingerprint density at radius 2 is 1.97 bits per heavy atom. The van der Waals surface area contributed by atoms with Crippen molar-refractivity contribution in [1.82, 2.24) is 14.5 Å². The van der Waals surface area contributed by atoms with E-state index in [0.29, 0.717) is 31.5 Å². The molecule has 1 saturated heterocycles. The van der Waals surface area contributed by atoms with Gasteiger partial charge in [0, 0.05) is 18.0 Å². The number of fused-ring (bicyclic) bond motifs is 3. The molecular formula is C21H21N3O3S2. The van der Waals surface area contributed by atoms with Crippen LogP contribution in [-0.2, 0) is 22.4 Å². The Morgan fingerprint density at radius 1 is 1.17 bits per heavy atom. The highest BCUT2D eigenvalue weighted by Crippen LogP contribution is 2.36. The minimum Gasteiger partial charge on any atom is -0.378 e. The van der Waals surface area contributed by atoms with Crippen LogP contribution in [-0.4, -0.2) is 52.4 Å². The highest BCUT2D eigenvalue weighted by atomic mass is 32.2. The Morgan fingerprint density at radius 3 is 2.76 bits per heavy atom. The fourth-order valence-corrected chi connectivity index (χ4v) is 6.17. The number of nitrogens with zero attached hydrogens (tertiary/aromatic N) is 3. The molecule has 2 aromatic heterocycles. The predicted molar refractivity (Wildman–Crippen MR) is 115 cm³/mol. The van der Waals surface area contributed by atoms with Gasteiger partial charge >= 0.3 is 0 Å². The van der Waals surface area contributed by atoms with Crippen LogP contribution in [0.4, 0.5) is 0 Å². The van der Waals surface area contributed by atoms with Crippen LogP contribution in [0, 0.1) is 0 Å². The average Bonchev–Trinajstić information content (AvgIpc) is 3.34. The number of thioether (sulfide) groups is 1. The fraction of sp³-hybridized carbons (Fsp3) is 0.381. The third kappa shape index (κ3) is 3.49. The van der Waals surface area contributed by atoms with Gasteiger partial charge in [0.1, 0.15) is 4.83 Å². The zero-order valence-electron chi connectivity index (χ0n) is 15.9. The molecule has 8 heteroatoms. The van der Waals surface area contributed by atoms with Gasteiger partial charge in [-0.15, -0.1) is 11.3 Å². The van der Waals surface area contributed by atoms with Crippen molar-refractivity contribution in [2.24, 2.45) is 0 Å². The third-order valence-corrected chi connectivity index (χ3v) is 7.52. The summed E-state index contributed by atoms with van der Waals surface area (Å²) in [4.78, 5) is 34.9. The Balaban J connectivity index is 1.55. The van der Waals surface area contributed by atoms with Crippen molar-refractivity contribution >= 4 is 39.2 Å². The van der Waals surface area contributed by atoms with Crippen LogP contribution >= 0.6 is 23.1 Å². The van der Waals surface area contributed by atoms with E-state index < -0.39 is 0 Å². The number of aryl methyl sites for hydroxylation is 2. The predicted octanol–water partition coefficient (Wildman–Crippen LogP) is 2.89. The number of hydrogen-bond acceptors (Lipinski definition) is 6. The molecular weight excluding hydrogens is 406 g/mol. The van der Waals surface area contributed by atoms with Crippen LogP contribution in [0.1, 0.15) is 16.9 Å². The lowest BCUT2D eigenvalue weighted by atomic mass is 10.2. The van der Waals surface area contributed by atoms with Crippen molar-refractivity contribution < 1.29 is 9.53 Å². The van der Waals surface area contributed by atoms with Gasteiger partial charge in [-0.3, -0.25) is 14.2 Å². The van der Waals surface area contributed by atoms with Crippen LogP contribution in [0.3, 0.4) is 0 Å². The number of carbonyl (C=O) groups is 1. The molecule has 0 bridgehead atoms. The SMILES string of the molecule is O=C(CSc1nc2sc3c(c2c(=O)n1-c1ccccc1)CCC3)N1CCOCC1. The lowest BCUT2D eigenvalue weighted by molar-refractivity contribution is -0.132. The summed E-state index contributed by atoms with van der Waals surface area (Å²) in [7, 11) is 0. The Hall–Kier alpha value is -2.16. The maximum Gasteiger partial charge on any atom is 0.267 e. The molecule has 0 spiro atoms. The highest BCUT2D eigenvalue weighted by molar-refractivity contribution is 7.99. The molecule has 0 unspecified atom stereocenters. The maximum absolute atomic E-state index is 13.5. The first-order valence-electron chi connectivity index (χ1n) is 9.83. The lowest BCUT2D eigenvalue weighted by Crippen LogP contribution is -2.41. The molecule has 6 nitrogen and oxygen atoms in total. The second-order valence-electron chi connectivity index (χ2n) is 7.19. The normalized spacial score (nSPS) is 16.3. The molecule has 5 rings (SSSR count). The summed E-state index contributed by atoms with van der Waals surface area (Å²) in [5.41, 5.74) is 1.93. The molecule has 1 aliphatic carbocycles. The Kier molecular flexibility index (Phi) is 5.15. The number of ether oxygens (including phenoxy) is 1. The van der Waals surface area contributed by atoms with Gasteiger partial charge in [-0.2, -0.15) is 0 Å². The smallest absolute Gasteiger partial charge is 0.267 e. The van der Waals surface area contributed by atoms with Gasteiger partial charge in [-0.05, 0) is 37.0 Å². The molecule has 0 N–H and O–H groups in total. The summed E-state index contributed by atoms with van der Waals surface area (Å²) >= 11 is 2.97. The molecule has 3 heterocycles. The van der Waals surface area contributed by atoms with Gasteiger partial charge in [-0.25, -0.2) is 4.98 Å². The first kappa shape index (κ1) is 18.8. The van der Waals surface area contributed by atoms with Crippen molar-refractivity contribution in [3.05, 3.63) is 51.1 Å². The topological polar surface area (TPSA) is 64.4 Å². The molecule has 1 aromatic carbocycles. The summed E-state index contributed by atoms with van der Waals surface area (Å²) in [5.74, 6) is 0.316. The van der Waals surface area contributed by atoms with E-state index in [1.807, 2.05) is 35.2 Å². The molecule has 2 aliphatic rings. The zero-order valence-corrected chi connectivity index (χ0v) is 17.6. The van der Waals surface area contributed by atoms with Crippen molar-refractivity contribution in [3.8, 4) is 5.69 Å². The molecule has 1 aliphatic heterocycles. The number of hydrogen-bond donors (Lipinski definition) is 0. The monoisotopic (exact) mass is 427 g/mol. The first-order chi connectivity index (χ1) is 14.2. The molecule has 1 amide bonds. The minimum absolute atomic E-state index is 0.0260. The highest BCUT2D eigenvalue weighted by Gasteiger charge is 2.25. The van der Waals surface area contributed by atoms with E-state index in [4.69, 9.17) is 9.72 Å². The van der Waals surface area contributed by atoms with Gasteiger partial charge in [0.25, 0.3) is 5.56 Å². The fourth-order valence-electron chi connectivity index (χ4n) is 3.96. The van der Waals surface area contributed by atoms with Gasteiger partial charge in [-0.1, -0.05) is 30.0 Å². The third-order valence-electron chi connectivity index (χ3n) is 5.41. The second-order valence-corrected chi connectivity index (χ2v) is 9.22. The maximum atomic E-state index is 13.5. The van der Waals surface area contributed by atoms with E-state index in [-0.39, 0.29) is 17.2 Å². The standard InChI is InChI=1S/C21H21N3O3S2/c25-17(23-9-11-27-12-10-23)13-28-21-22-19-18(15-7-4-8-16(15)29-19)20(26)24(21)14-5-2-1-3-6-14/h1-3,5-6H,4,7-13H2. The van der Waals surface area contributed by atoms with E-state index in [2.05, 4.69) is 0 Å². The van der Waals surface area contributed by atoms with Crippen LogP contribution in [0.25, 0.3) is 15.9 Å². The van der Waals surface area contributed by atoms with Crippen molar-refractivity contribution in [3.63, 3.8) is 0 Å². The number of amides is 1. The number of thiophene rings is 1. The summed E-state index contributed by atoms with van der Waals surface area (Å²) in [6, 6.07) is 9.58. The minimum atomic E-state index is -0.0260. The summed E-state index contributed by atoms with van der Waals surface area (Å²) in [5, 5.41) is 1.34. The van der Waals surface area contributed by atoms with E-state index >= 15 is 0 Å². The number of morpholine rings is 1. The van der Waals surface area contributed by atoms with E-state index in [0.717, 1.165) is 35.2 Å². The molecule has 29 heavy (non-hydrogen) atoms. The van der Waals surface area contributed by atoms with Crippen LogP contribution in [0.2, 0.25) is 0 Å². The van der Waals surface area contributed by atoms with Crippen molar-refractivity contribution in [2.45, 2.75) is 24.4 Å². The van der Waals surface area contributed by atoms with Crippen molar-refractivity contribution in [1.29, 1.82) is 0 Å². The Labute approximate surface area is 176 Å². The average molecular weight is 428 g/mol. The molecule has 3 aromatic rings. The first-order valence-corrected chi connectivity index (χ1v) is 11.6. The van der Waals surface area contributed by atoms with Gasteiger partial charge in [0.15, 0.2) is 5.16 Å². The van der Waals surface area contributed by atoms with E-state index in [9.17, 15) is 9.59 Å². The second kappa shape index (κ2) is 7.93. The number of carbonyl (C=O) groups excluding carboxylic acids is 1. The van der Waals surface area contributed by atoms with Gasteiger partial charge in [0.2, 0.25) is 5.91 Å². The van der Waals surface area contributed by atoms with Gasteiger partial charge in [0.05, 0.1) is 30.0 Å². The molecule has 1 fully saturated rings. The molecule has 0 radical (unpaired) electrons. The molecule has 0 atom stereocenters. The molecule has 0 saturated carbocycles. The number of aromatic nitrogens is 2. The quantitative estimate of drug-likeness (QED) is 0.473. The number of benzene rings is 1. The lowest BCUT2D eigenvalue weighted by Gasteiger charge is -2.26. The van der Waals surface area contributed by atoms with Crippen LogP contribution in [0.15, 0.2) is 40.3 Å². The summed E-state index contributed by atoms with van der Waals surface area (Å²) < 4.78 is 7.00. The summed E-state index contributed by atoms with van der Waals surface area (Å²) in [6.07, 6.45) is 3.08. The van der Waals surface area contributed by atoms with Gasteiger partial charge < -0.3 is 9.64 Å². The largest absolute Gasteiger partial charge is 0.378 e. The number of para-hydroxylation sites is 1. The van der Waals surface area contributed by atoms with Crippen LogP contribution in [0.5, 0.6) is 0 Å². The van der Waals surface area contributed by atoms with Crippen molar-refractivity contribution in [2.75, 3.05) is 32.1 Å². The number of rotatable bonds is 4. The molecule has 150 valence electrons. The van der Waals surface area contributed by atoms with E-state index in [1.165, 1.54) is 22.2 Å². The Bertz CT molecular complexity index is 1120. The zero-order chi connectivity index (χ0) is 19.8.